The van der Waals surface area contributed by atoms with Gasteiger partial charge in [-0.3, -0.25) is 0 Å². The number of hydrogen-bond donors (Lipinski definition) is 1. The van der Waals surface area contributed by atoms with Crippen LogP contribution >= 0.6 is 0 Å². The van der Waals surface area contributed by atoms with Crippen molar-refractivity contribution >= 4 is 0 Å². The average molecular weight is 149 g/mol. The molecule has 11 heavy (non-hydrogen) atoms. The van der Waals surface area contributed by atoms with Gasteiger partial charge >= 0.3 is 0 Å². The molecule has 1 heteroatoms. The minimum absolute atomic E-state index is 0.547. The molecular weight excluding hydrogens is 134 g/mol. The minimum Gasteiger partial charge on any atom is -0.402 e. The smallest absolute Gasteiger partial charge is 0.0128 e. The van der Waals surface area contributed by atoms with Gasteiger partial charge in [0.15, 0.2) is 0 Å². The molecule has 0 unspecified atom stereocenters. The fourth-order valence-electron chi connectivity index (χ4n) is 1.19. The molecule has 0 fully saturated rings. The van der Waals surface area contributed by atoms with Crippen molar-refractivity contribution < 1.29 is 0 Å². The maximum absolute atomic E-state index is 5.71. The molecule has 0 heterocycles. The van der Waals surface area contributed by atoms with Crippen LogP contribution in [0.2, 0.25) is 0 Å². The van der Waals surface area contributed by atoms with Crippen LogP contribution in [0, 0.1) is 5.92 Å². The molecule has 0 amide bonds. The molecule has 0 saturated heterocycles. The van der Waals surface area contributed by atoms with Crippen molar-refractivity contribution in [1.82, 2.24) is 0 Å². The molecule has 2 N–H and O–H groups in total. The van der Waals surface area contributed by atoms with E-state index in [2.05, 4.69) is 32.6 Å². The second-order valence-electron chi connectivity index (χ2n) is 3.35. The Bertz CT molecular complexity index is 231. The summed E-state index contributed by atoms with van der Waals surface area (Å²) in [7, 11) is 0. The Balaban J connectivity index is 2.87. The van der Waals surface area contributed by atoms with Gasteiger partial charge < -0.3 is 5.73 Å². The summed E-state index contributed by atoms with van der Waals surface area (Å²) in [6.45, 7) is 8.22. The van der Waals surface area contributed by atoms with Crippen LogP contribution in [0.5, 0.6) is 0 Å². The van der Waals surface area contributed by atoms with Crippen LogP contribution in [0.1, 0.15) is 20.3 Å². The number of allylic oxidation sites excluding steroid dienone is 4. The van der Waals surface area contributed by atoms with Crippen LogP contribution in [0.3, 0.4) is 0 Å². The molecule has 0 saturated carbocycles. The van der Waals surface area contributed by atoms with Gasteiger partial charge in [-0.1, -0.05) is 26.5 Å². The maximum atomic E-state index is 5.71. The van der Waals surface area contributed by atoms with Crippen molar-refractivity contribution in [3.05, 3.63) is 35.6 Å². The lowest BCUT2D eigenvalue weighted by Crippen LogP contribution is -2.05. The molecule has 0 aromatic heterocycles. The zero-order chi connectivity index (χ0) is 8.43. The maximum Gasteiger partial charge on any atom is 0.0128 e. The van der Waals surface area contributed by atoms with Gasteiger partial charge in [0.1, 0.15) is 0 Å². The highest BCUT2D eigenvalue weighted by molar-refractivity contribution is 5.38. The largest absolute Gasteiger partial charge is 0.402 e. The van der Waals surface area contributed by atoms with Crippen molar-refractivity contribution in [2.45, 2.75) is 20.3 Å². The summed E-state index contributed by atoms with van der Waals surface area (Å²) in [4.78, 5) is 0. The van der Waals surface area contributed by atoms with Gasteiger partial charge in [0.2, 0.25) is 0 Å². The summed E-state index contributed by atoms with van der Waals surface area (Å²) in [5.74, 6) is 0.547. The molecule has 0 spiro atoms. The Hall–Kier alpha value is -0.980. The molecule has 60 valence electrons. The lowest BCUT2D eigenvalue weighted by Gasteiger charge is -2.14. The monoisotopic (exact) mass is 149 g/mol. The van der Waals surface area contributed by atoms with E-state index in [4.69, 9.17) is 5.73 Å². The number of nitrogens with two attached hydrogens (primary N) is 1. The molecule has 0 atom stereocenters. The summed E-state index contributed by atoms with van der Waals surface area (Å²) in [5.41, 5.74) is 9.05. The average Bonchev–Trinajstić information content (AvgIpc) is 1.85. The minimum atomic E-state index is 0.547. The molecule has 1 nitrogen and oxygen atoms in total. The Kier molecular flexibility index (Phi) is 2.18. The van der Waals surface area contributed by atoms with E-state index >= 15 is 0 Å². The molecule has 0 aliphatic heterocycles. The highest BCUT2D eigenvalue weighted by Crippen LogP contribution is 2.22. The summed E-state index contributed by atoms with van der Waals surface area (Å²) in [5, 5.41) is 0. The van der Waals surface area contributed by atoms with Gasteiger partial charge in [-0.05, 0) is 23.1 Å². The standard InChI is InChI=1S/C10H15N/c1-7(2)9-4-8(3)5-10(11)6-9/h4,6-7H,3,5,11H2,1-2H3. The summed E-state index contributed by atoms with van der Waals surface area (Å²) >= 11 is 0. The van der Waals surface area contributed by atoms with Crippen LogP contribution in [-0.2, 0) is 0 Å². The van der Waals surface area contributed by atoms with E-state index in [1.165, 1.54) is 5.57 Å². The van der Waals surface area contributed by atoms with Gasteiger partial charge in [0.25, 0.3) is 0 Å². The SMILES string of the molecule is C=C1C=C(C(C)C)C=C(N)C1. The molecule has 0 bridgehead atoms. The van der Waals surface area contributed by atoms with Gasteiger partial charge in [-0.25, -0.2) is 0 Å². The van der Waals surface area contributed by atoms with Crippen LogP contribution < -0.4 is 5.73 Å². The first-order valence-electron chi connectivity index (χ1n) is 3.95. The van der Waals surface area contributed by atoms with Crippen molar-refractivity contribution in [2.24, 2.45) is 11.7 Å². The van der Waals surface area contributed by atoms with E-state index in [0.29, 0.717) is 5.92 Å². The molecular formula is C10H15N. The Labute approximate surface area is 68.3 Å². The quantitative estimate of drug-likeness (QED) is 0.608. The van der Waals surface area contributed by atoms with Gasteiger partial charge in [0.05, 0.1) is 0 Å². The third-order valence-electron chi connectivity index (χ3n) is 1.82. The Morgan fingerprint density at radius 2 is 2.09 bits per heavy atom. The predicted octanol–water partition coefficient (Wildman–Crippen LogP) is 2.37. The van der Waals surface area contributed by atoms with Crippen molar-refractivity contribution in [2.75, 3.05) is 0 Å². The van der Waals surface area contributed by atoms with Crippen LogP contribution in [0.15, 0.2) is 35.6 Å². The molecule has 1 aliphatic carbocycles. The summed E-state index contributed by atoms with van der Waals surface area (Å²) in [6, 6.07) is 0. The fourth-order valence-corrected chi connectivity index (χ4v) is 1.19. The highest BCUT2D eigenvalue weighted by Gasteiger charge is 2.07. The third kappa shape index (κ3) is 1.97. The van der Waals surface area contributed by atoms with Crippen LogP contribution in [0.4, 0.5) is 0 Å². The summed E-state index contributed by atoms with van der Waals surface area (Å²) in [6.07, 6.45) is 5.01. The molecule has 1 aliphatic rings. The van der Waals surface area contributed by atoms with E-state index < -0.39 is 0 Å². The van der Waals surface area contributed by atoms with Crippen molar-refractivity contribution in [3.8, 4) is 0 Å². The zero-order valence-electron chi connectivity index (χ0n) is 7.22. The van der Waals surface area contributed by atoms with E-state index in [0.717, 1.165) is 17.7 Å². The molecule has 1 rings (SSSR count). The van der Waals surface area contributed by atoms with Crippen molar-refractivity contribution in [1.29, 1.82) is 0 Å². The van der Waals surface area contributed by atoms with Gasteiger partial charge in [-0.2, -0.15) is 0 Å². The Morgan fingerprint density at radius 3 is 2.55 bits per heavy atom. The van der Waals surface area contributed by atoms with E-state index in [1.807, 2.05) is 0 Å². The van der Waals surface area contributed by atoms with E-state index in [-0.39, 0.29) is 0 Å². The molecule has 0 aromatic rings. The second kappa shape index (κ2) is 2.95. The van der Waals surface area contributed by atoms with E-state index in [1.54, 1.807) is 0 Å². The Morgan fingerprint density at radius 1 is 1.45 bits per heavy atom. The predicted molar refractivity (Wildman–Crippen MR) is 48.9 cm³/mol. The van der Waals surface area contributed by atoms with E-state index in [9.17, 15) is 0 Å². The van der Waals surface area contributed by atoms with Gasteiger partial charge in [0, 0.05) is 12.1 Å². The first-order chi connectivity index (χ1) is 5.09. The van der Waals surface area contributed by atoms with Crippen LogP contribution in [0.25, 0.3) is 0 Å². The topological polar surface area (TPSA) is 26.0 Å². The normalized spacial score (nSPS) is 18.3. The molecule has 0 aromatic carbocycles. The zero-order valence-corrected chi connectivity index (χ0v) is 7.22. The fraction of sp³-hybridized carbons (Fsp3) is 0.400. The van der Waals surface area contributed by atoms with Crippen LogP contribution in [-0.4, -0.2) is 0 Å². The number of hydrogen-bond acceptors (Lipinski definition) is 1. The lowest BCUT2D eigenvalue weighted by molar-refractivity contribution is 0.781. The second-order valence-corrected chi connectivity index (χ2v) is 3.35. The number of rotatable bonds is 1. The first kappa shape index (κ1) is 8.12. The highest BCUT2D eigenvalue weighted by atomic mass is 14.6. The van der Waals surface area contributed by atoms with Crippen molar-refractivity contribution in [3.63, 3.8) is 0 Å². The summed E-state index contributed by atoms with van der Waals surface area (Å²) < 4.78 is 0. The first-order valence-corrected chi connectivity index (χ1v) is 3.95. The van der Waals surface area contributed by atoms with Gasteiger partial charge in [-0.15, -0.1) is 0 Å². The third-order valence-corrected chi connectivity index (χ3v) is 1.82. The molecule has 0 radical (unpaired) electrons. The lowest BCUT2D eigenvalue weighted by atomic mass is 9.93.